The van der Waals surface area contributed by atoms with E-state index in [0.717, 1.165) is 19.5 Å². The van der Waals surface area contributed by atoms with Crippen molar-refractivity contribution in [2.45, 2.75) is 45.7 Å². The van der Waals surface area contributed by atoms with Crippen molar-refractivity contribution in [3.05, 3.63) is 0 Å². The zero-order chi connectivity index (χ0) is 15.5. The second-order valence-corrected chi connectivity index (χ2v) is 5.82. The number of rotatable bonds is 5. The predicted octanol–water partition coefficient (Wildman–Crippen LogP) is 1.32. The number of carbonyl (C=O) groups is 2. The molecule has 1 fully saturated rings. The molecule has 1 N–H and O–H groups in total. The largest absolute Gasteiger partial charge is 0.480 e. The number of aliphatic carboxylic acids is 1. The molecule has 1 aliphatic rings. The third-order valence-corrected chi connectivity index (χ3v) is 4.41. The molecule has 0 bridgehead atoms. The second-order valence-electron chi connectivity index (χ2n) is 5.82. The van der Waals surface area contributed by atoms with Gasteiger partial charge in [-0.3, -0.25) is 4.90 Å². The van der Waals surface area contributed by atoms with E-state index in [1.165, 1.54) is 4.90 Å². The summed E-state index contributed by atoms with van der Waals surface area (Å²) in [6, 6.07) is 0.183. The SMILES string of the molecule is CCN(CC)C1CCN(C(=O)N(C)C(C)(C)C(=O)O)C1. The van der Waals surface area contributed by atoms with Gasteiger partial charge < -0.3 is 14.9 Å². The van der Waals surface area contributed by atoms with Crippen LogP contribution >= 0.6 is 0 Å². The Morgan fingerprint density at radius 1 is 1.30 bits per heavy atom. The van der Waals surface area contributed by atoms with E-state index in [9.17, 15) is 14.7 Å². The van der Waals surface area contributed by atoms with Crippen molar-refractivity contribution in [2.24, 2.45) is 0 Å². The quantitative estimate of drug-likeness (QED) is 0.827. The molecule has 0 spiro atoms. The highest BCUT2D eigenvalue weighted by Crippen LogP contribution is 2.20. The first-order chi connectivity index (χ1) is 9.25. The zero-order valence-electron chi connectivity index (χ0n) is 13.2. The molecule has 1 heterocycles. The first-order valence-corrected chi connectivity index (χ1v) is 7.25. The molecule has 0 aromatic carbocycles. The number of carbonyl (C=O) groups excluding carboxylic acids is 1. The summed E-state index contributed by atoms with van der Waals surface area (Å²) in [5, 5.41) is 9.20. The molecule has 6 heteroatoms. The fourth-order valence-electron chi connectivity index (χ4n) is 2.55. The molecule has 0 saturated carbocycles. The molecular formula is C14H27N3O3. The van der Waals surface area contributed by atoms with Crippen molar-refractivity contribution >= 4 is 12.0 Å². The van der Waals surface area contributed by atoms with Crippen LogP contribution in [0.1, 0.15) is 34.1 Å². The van der Waals surface area contributed by atoms with E-state index in [1.807, 2.05) is 0 Å². The Morgan fingerprint density at radius 2 is 1.85 bits per heavy atom. The predicted molar refractivity (Wildman–Crippen MR) is 77.8 cm³/mol. The van der Waals surface area contributed by atoms with Gasteiger partial charge in [0.05, 0.1) is 0 Å². The zero-order valence-corrected chi connectivity index (χ0v) is 13.2. The standard InChI is InChI=1S/C14H27N3O3/c1-6-16(7-2)11-8-9-17(10-11)13(20)15(5)14(3,4)12(18)19/h11H,6-10H2,1-5H3,(H,18,19). The van der Waals surface area contributed by atoms with Crippen LogP contribution < -0.4 is 0 Å². The van der Waals surface area contributed by atoms with Crippen LogP contribution in [0.15, 0.2) is 0 Å². The normalized spacial score (nSPS) is 19.5. The number of likely N-dealkylation sites (N-methyl/N-ethyl adjacent to an activating group) is 2. The lowest BCUT2D eigenvalue weighted by Gasteiger charge is -2.35. The molecule has 0 aromatic rings. The average Bonchev–Trinajstić information content (AvgIpc) is 2.87. The molecule has 0 aliphatic carbocycles. The molecule has 2 amide bonds. The van der Waals surface area contributed by atoms with Crippen molar-refractivity contribution < 1.29 is 14.7 Å². The van der Waals surface area contributed by atoms with Gasteiger partial charge in [0.25, 0.3) is 0 Å². The maximum atomic E-state index is 12.4. The lowest BCUT2D eigenvalue weighted by Crippen LogP contribution is -2.55. The van der Waals surface area contributed by atoms with Crippen LogP contribution in [0.4, 0.5) is 4.79 Å². The Kier molecular flexibility index (Phi) is 5.39. The molecule has 1 aliphatic heterocycles. The molecule has 0 aromatic heterocycles. The molecule has 1 atom stereocenters. The first kappa shape index (κ1) is 16.8. The Balaban J connectivity index is 2.69. The van der Waals surface area contributed by atoms with Gasteiger partial charge in [-0.05, 0) is 33.4 Å². The Morgan fingerprint density at radius 3 is 2.30 bits per heavy atom. The van der Waals surface area contributed by atoms with E-state index in [4.69, 9.17) is 0 Å². The summed E-state index contributed by atoms with van der Waals surface area (Å²) >= 11 is 0. The number of nitrogens with zero attached hydrogens (tertiary/aromatic N) is 3. The number of carboxylic acid groups (broad SMARTS) is 1. The second kappa shape index (κ2) is 6.43. The van der Waals surface area contributed by atoms with Gasteiger partial charge in [-0.1, -0.05) is 13.8 Å². The summed E-state index contributed by atoms with van der Waals surface area (Å²) < 4.78 is 0. The molecule has 0 radical (unpaired) electrons. The maximum absolute atomic E-state index is 12.4. The number of likely N-dealkylation sites (tertiary alicyclic amines) is 1. The minimum atomic E-state index is -1.19. The van der Waals surface area contributed by atoms with Gasteiger partial charge in [0.2, 0.25) is 0 Å². The van der Waals surface area contributed by atoms with Gasteiger partial charge in [0.1, 0.15) is 5.54 Å². The van der Waals surface area contributed by atoms with E-state index in [0.29, 0.717) is 19.1 Å². The number of carboxylic acids is 1. The van der Waals surface area contributed by atoms with Gasteiger partial charge in [-0.15, -0.1) is 0 Å². The monoisotopic (exact) mass is 285 g/mol. The van der Waals surface area contributed by atoms with Crippen LogP contribution in [-0.4, -0.2) is 76.6 Å². The average molecular weight is 285 g/mol. The first-order valence-electron chi connectivity index (χ1n) is 7.25. The highest BCUT2D eigenvalue weighted by Gasteiger charge is 2.39. The lowest BCUT2D eigenvalue weighted by molar-refractivity contribution is -0.147. The minimum absolute atomic E-state index is 0.202. The summed E-state index contributed by atoms with van der Waals surface area (Å²) in [6.07, 6.45) is 0.953. The fourth-order valence-corrected chi connectivity index (χ4v) is 2.55. The van der Waals surface area contributed by atoms with Crippen LogP contribution in [0.5, 0.6) is 0 Å². The van der Waals surface area contributed by atoms with E-state index < -0.39 is 11.5 Å². The third kappa shape index (κ3) is 3.23. The molecule has 1 unspecified atom stereocenters. The van der Waals surface area contributed by atoms with Crippen LogP contribution in [0.25, 0.3) is 0 Å². The van der Waals surface area contributed by atoms with E-state index in [1.54, 1.807) is 25.8 Å². The highest BCUT2D eigenvalue weighted by molar-refractivity contribution is 5.85. The van der Waals surface area contributed by atoms with Gasteiger partial charge >= 0.3 is 12.0 Å². The third-order valence-electron chi connectivity index (χ3n) is 4.41. The molecule has 1 rings (SSSR count). The Hall–Kier alpha value is -1.30. The molecule has 20 heavy (non-hydrogen) atoms. The van der Waals surface area contributed by atoms with Crippen molar-refractivity contribution in [2.75, 3.05) is 33.2 Å². The molecule has 116 valence electrons. The minimum Gasteiger partial charge on any atom is -0.480 e. The van der Waals surface area contributed by atoms with Crippen molar-refractivity contribution in [3.8, 4) is 0 Å². The van der Waals surface area contributed by atoms with E-state index in [2.05, 4.69) is 18.7 Å². The van der Waals surface area contributed by atoms with Crippen LogP contribution in [0.2, 0.25) is 0 Å². The lowest BCUT2D eigenvalue weighted by atomic mass is 10.0. The summed E-state index contributed by atoms with van der Waals surface area (Å²) in [7, 11) is 1.56. The molecule has 1 saturated heterocycles. The summed E-state index contributed by atoms with van der Waals surface area (Å²) in [5.41, 5.74) is -1.19. The van der Waals surface area contributed by atoms with E-state index in [-0.39, 0.29) is 6.03 Å². The molecular weight excluding hydrogens is 258 g/mol. The maximum Gasteiger partial charge on any atom is 0.329 e. The highest BCUT2D eigenvalue weighted by atomic mass is 16.4. The number of hydrogen-bond donors (Lipinski definition) is 1. The Labute approximate surface area is 121 Å². The van der Waals surface area contributed by atoms with Crippen molar-refractivity contribution in [1.82, 2.24) is 14.7 Å². The van der Waals surface area contributed by atoms with Gasteiger partial charge in [0.15, 0.2) is 0 Å². The number of urea groups is 1. The Bertz CT molecular complexity index is 367. The van der Waals surface area contributed by atoms with E-state index >= 15 is 0 Å². The number of hydrogen-bond acceptors (Lipinski definition) is 3. The smallest absolute Gasteiger partial charge is 0.329 e. The van der Waals surface area contributed by atoms with Crippen LogP contribution in [0, 0.1) is 0 Å². The van der Waals surface area contributed by atoms with Crippen LogP contribution in [-0.2, 0) is 4.79 Å². The number of amides is 2. The molecule has 6 nitrogen and oxygen atoms in total. The fraction of sp³-hybridized carbons (Fsp3) is 0.857. The topological polar surface area (TPSA) is 64.1 Å². The summed E-state index contributed by atoms with van der Waals surface area (Å²) in [5.74, 6) is -0.993. The summed E-state index contributed by atoms with van der Waals surface area (Å²) in [4.78, 5) is 29.1. The summed E-state index contributed by atoms with van der Waals surface area (Å²) in [6.45, 7) is 10.7. The van der Waals surface area contributed by atoms with Crippen molar-refractivity contribution in [3.63, 3.8) is 0 Å². The van der Waals surface area contributed by atoms with Gasteiger partial charge in [0, 0.05) is 26.2 Å². The van der Waals surface area contributed by atoms with Crippen LogP contribution in [0.3, 0.4) is 0 Å². The van der Waals surface area contributed by atoms with Gasteiger partial charge in [-0.25, -0.2) is 9.59 Å². The van der Waals surface area contributed by atoms with Gasteiger partial charge in [-0.2, -0.15) is 0 Å². The van der Waals surface area contributed by atoms with Crippen molar-refractivity contribution in [1.29, 1.82) is 0 Å².